The van der Waals surface area contributed by atoms with Crippen LogP contribution in [-0.4, -0.2) is 35.8 Å². The van der Waals surface area contributed by atoms with Crippen molar-refractivity contribution in [2.75, 3.05) is 11.9 Å². The Bertz CT molecular complexity index is 490. The van der Waals surface area contributed by atoms with Gasteiger partial charge in [0.15, 0.2) is 0 Å². The van der Waals surface area contributed by atoms with Crippen LogP contribution in [0.5, 0.6) is 0 Å². The van der Waals surface area contributed by atoms with Crippen LogP contribution in [0.2, 0.25) is 0 Å². The van der Waals surface area contributed by atoms with E-state index in [2.05, 4.69) is 10.6 Å². The van der Waals surface area contributed by atoms with Gasteiger partial charge in [-0.15, -0.1) is 0 Å². The van der Waals surface area contributed by atoms with Crippen molar-refractivity contribution >= 4 is 24.0 Å². The third-order valence-electron chi connectivity index (χ3n) is 3.23. The molecule has 0 aromatic heterocycles. The van der Waals surface area contributed by atoms with Crippen LogP contribution in [-0.2, 0) is 9.59 Å². The maximum absolute atomic E-state index is 12.2. The van der Waals surface area contributed by atoms with E-state index in [1.54, 1.807) is 24.3 Å². The van der Waals surface area contributed by atoms with Crippen molar-refractivity contribution in [1.82, 2.24) is 10.2 Å². The van der Waals surface area contributed by atoms with E-state index in [0.29, 0.717) is 25.1 Å². The van der Waals surface area contributed by atoms with E-state index in [0.717, 1.165) is 12.8 Å². The van der Waals surface area contributed by atoms with Crippen molar-refractivity contribution in [1.29, 1.82) is 0 Å². The molecule has 2 rings (SSSR count). The second kappa shape index (κ2) is 6.70. The van der Waals surface area contributed by atoms with Crippen molar-refractivity contribution in [3.63, 3.8) is 0 Å². The lowest BCUT2D eigenvalue weighted by atomic mass is 10.1. The smallest absolute Gasteiger partial charge is 0.328 e. The summed E-state index contributed by atoms with van der Waals surface area (Å²) in [4.78, 5) is 36.1. The molecule has 0 aliphatic carbocycles. The summed E-state index contributed by atoms with van der Waals surface area (Å²) < 4.78 is 0. The number of nitrogens with one attached hydrogen (secondary N) is 2. The van der Waals surface area contributed by atoms with Gasteiger partial charge in [-0.25, -0.2) is 4.79 Å². The number of imide groups is 1. The molecule has 1 fully saturated rings. The van der Waals surface area contributed by atoms with Crippen molar-refractivity contribution in [2.45, 2.75) is 25.3 Å². The fourth-order valence-electron chi connectivity index (χ4n) is 2.19. The molecule has 0 saturated carbocycles. The zero-order valence-electron chi connectivity index (χ0n) is 11.0. The number of benzene rings is 1. The first-order chi connectivity index (χ1) is 9.72. The lowest BCUT2D eigenvalue weighted by Gasteiger charge is -2.22. The van der Waals surface area contributed by atoms with Crippen molar-refractivity contribution in [2.24, 2.45) is 0 Å². The Morgan fingerprint density at radius 1 is 1.25 bits per heavy atom. The van der Waals surface area contributed by atoms with Gasteiger partial charge in [0, 0.05) is 12.2 Å². The fraction of sp³-hybridized carbons (Fsp3) is 0.357. The maximum Gasteiger partial charge on any atom is 0.328 e. The molecule has 106 valence electrons. The normalized spacial score (nSPS) is 19.1. The Morgan fingerprint density at radius 2 is 2.00 bits per heavy atom. The van der Waals surface area contributed by atoms with Gasteiger partial charge in [-0.2, -0.15) is 0 Å². The van der Waals surface area contributed by atoms with Crippen LogP contribution < -0.4 is 10.6 Å². The van der Waals surface area contributed by atoms with E-state index in [1.165, 1.54) is 4.90 Å². The summed E-state index contributed by atoms with van der Waals surface area (Å²) in [5.74, 6) is -0.358. The number of likely N-dealkylation sites (tertiary alicyclic amines) is 1. The molecule has 1 aliphatic rings. The molecular weight excluding hydrogens is 258 g/mol. The quantitative estimate of drug-likeness (QED) is 0.817. The van der Waals surface area contributed by atoms with Gasteiger partial charge >= 0.3 is 6.03 Å². The van der Waals surface area contributed by atoms with Gasteiger partial charge < -0.3 is 10.6 Å². The van der Waals surface area contributed by atoms with Crippen LogP contribution >= 0.6 is 0 Å². The molecule has 1 aromatic carbocycles. The van der Waals surface area contributed by atoms with Crippen molar-refractivity contribution < 1.29 is 14.4 Å². The Kier molecular flexibility index (Phi) is 4.70. The van der Waals surface area contributed by atoms with Crippen molar-refractivity contribution in [3.05, 3.63) is 30.3 Å². The first-order valence-corrected chi connectivity index (χ1v) is 6.59. The zero-order valence-corrected chi connectivity index (χ0v) is 11.0. The molecule has 4 amide bonds. The van der Waals surface area contributed by atoms with E-state index < -0.39 is 12.1 Å². The van der Waals surface area contributed by atoms with Gasteiger partial charge in [-0.3, -0.25) is 14.5 Å². The van der Waals surface area contributed by atoms with Gasteiger partial charge in [0.1, 0.15) is 6.04 Å². The molecule has 0 spiro atoms. The Balaban J connectivity index is 2.07. The number of anilines is 1. The number of para-hydroxylation sites is 1. The Morgan fingerprint density at radius 3 is 2.70 bits per heavy atom. The number of hydrogen-bond acceptors (Lipinski definition) is 3. The number of urea groups is 1. The van der Waals surface area contributed by atoms with E-state index in [9.17, 15) is 14.4 Å². The zero-order chi connectivity index (χ0) is 14.4. The first kappa shape index (κ1) is 14.0. The van der Waals surface area contributed by atoms with E-state index in [4.69, 9.17) is 0 Å². The maximum atomic E-state index is 12.2. The van der Waals surface area contributed by atoms with Crippen molar-refractivity contribution in [3.8, 4) is 0 Å². The lowest BCUT2D eigenvalue weighted by molar-refractivity contribution is -0.131. The average molecular weight is 275 g/mol. The van der Waals surface area contributed by atoms with E-state index in [-0.39, 0.29) is 5.91 Å². The average Bonchev–Trinajstić information content (AvgIpc) is 2.63. The number of carbonyl (C=O) groups is 3. The van der Waals surface area contributed by atoms with Crippen LogP contribution in [0.3, 0.4) is 0 Å². The van der Waals surface area contributed by atoms with E-state index >= 15 is 0 Å². The van der Waals surface area contributed by atoms with Gasteiger partial charge in [-0.1, -0.05) is 18.2 Å². The largest absolute Gasteiger partial charge is 0.347 e. The molecule has 1 heterocycles. The molecule has 6 nitrogen and oxygen atoms in total. The highest BCUT2D eigenvalue weighted by Gasteiger charge is 2.30. The SMILES string of the molecule is O=CN[C@H]1CCCCN(C(=O)Nc2ccccc2)C1=O. The Hall–Kier alpha value is -2.37. The van der Waals surface area contributed by atoms with Gasteiger partial charge in [-0.05, 0) is 31.4 Å². The predicted octanol–water partition coefficient (Wildman–Crippen LogP) is 1.35. The van der Waals surface area contributed by atoms with Crippen LogP contribution in [0.4, 0.5) is 10.5 Å². The summed E-state index contributed by atoms with van der Waals surface area (Å²) in [6, 6.07) is 7.88. The minimum Gasteiger partial charge on any atom is -0.347 e. The highest BCUT2D eigenvalue weighted by molar-refractivity contribution is 6.03. The highest BCUT2D eigenvalue weighted by atomic mass is 16.2. The summed E-state index contributed by atoms with van der Waals surface area (Å²) in [7, 11) is 0. The number of amides is 4. The fourth-order valence-corrected chi connectivity index (χ4v) is 2.19. The minimum absolute atomic E-state index is 0.358. The summed E-state index contributed by atoms with van der Waals surface area (Å²) in [5, 5.41) is 5.15. The summed E-state index contributed by atoms with van der Waals surface area (Å²) >= 11 is 0. The minimum atomic E-state index is -0.614. The summed E-state index contributed by atoms with van der Waals surface area (Å²) in [6.45, 7) is 0.370. The lowest BCUT2D eigenvalue weighted by Crippen LogP contribution is -2.48. The topological polar surface area (TPSA) is 78.5 Å². The third-order valence-corrected chi connectivity index (χ3v) is 3.23. The molecule has 20 heavy (non-hydrogen) atoms. The van der Waals surface area contributed by atoms with Gasteiger partial charge in [0.2, 0.25) is 6.41 Å². The standard InChI is InChI=1S/C14H17N3O3/c18-10-15-12-8-4-5-9-17(13(12)19)14(20)16-11-6-2-1-3-7-11/h1-3,6-7,10,12H,4-5,8-9H2,(H,15,18)(H,16,20)/t12-/m0/s1. The van der Waals surface area contributed by atoms with E-state index in [1.807, 2.05) is 6.07 Å². The molecule has 1 atom stereocenters. The number of carbonyl (C=O) groups excluding carboxylic acids is 3. The molecule has 0 bridgehead atoms. The first-order valence-electron chi connectivity index (χ1n) is 6.59. The monoisotopic (exact) mass is 275 g/mol. The van der Waals surface area contributed by atoms with Crippen LogP contribution in [0.15, 0.2) is 30.3 Å². The molecule has 1 aromatic rings. The van der Waals surface area contributed by atoms with Crippen LogP contribution in [0.1, 0.15) is 19.3 Å². The molecule has 0 radical (unpaired) electrons. The number of rotatable bonds is 3. The highest BCUT2D eigenvalue weighted by Crippen LogP contribution is 2.14. The molecule has 1 aliphatic heterocycles. The summed E-state index contributed by atoms with van der Waals surface area (Å²) in [6.07, 6.45) is 2.60. The number of nitrogens with zero attached hydrogens (tertiary/aromatic N) is 1. The van der Waals surface area contributed by atoms with Crippen LogP contribution in [0.25, 0.3) is 0 Å². The second-order valence-electron chi connectivity index (χ2n) is 4.62. The second-order valence-corrected chi connectivity index (χ2v) is 4.62. The molecule has 2 N–H and O–H groups in total. The number of hydrogen-bond donors (Lipinski definition) is 2. The van der Waals surface area contributed by atoms with Gasteiger partial charge in [0.05, 0.1) is 0 Å². The molecule has 1 saturated heterocycles. The Labute approximate surface area is 117 Å². The molecule has 6 heteroatoms. The molecular formula is C14H17N3O3. The van der Waals surface area contributed by atoms with Gasteiger partial charge in [0.25, 0.3) is 5.91 Å². The third kappa shape index (κ3) is 3.34. The molecule has 0 unspecified atom stereocenters. The predicted molar refractivity (Wildman–Crippen MR) is 74.0 cm³/mol. The van der Waals surface area contributed by atoms with Crippen LogP contribution in [0, 0.1) is 0 Å². The summed E-state index contributed by atoms with van der Waals surface area (Å²) in [5.41, 5.74) is 0.634.